The Labute approximate surface area is 150 Å². The molecular weight excluding hydrogens is 328 g/mol. The number of nitrogens with zero attached hydrogens (tertiary/aromatic N) is 6. The van der Waals surface area contributed by atoms with Gasteiger partial charge in [0.15, 0.2) is 0 Å². The van der Waals surface area contributed by atoms with E-state index in [0.29, 0.717) is 11.7 Å². The molecule has 0 saturated heterocycles. The molecule has 0 atom stereocenters. The lowest BCUT2D eigenvalue weighted by Crippen LogP contribution is -2.07. The van der Waals surface area contributed by atoms with Gasteiger partial charge in [0.1, 0.15) is 5.69 Å². The highest BCUT2D eigenvalue weighted by Gasteiger charge is 2.14. The van der Waals surface area contributed by atoms with Crippen LogP contribution in [-0.4, -0.2) is 46.2 Å². The molecule has 26 heavy (non-hydrogen) atoms. The van der Waals surface area contributed by atoms with Crippen molar-refractivity contribution in [3.63, 3.8) is 0 Å². The first-order chi connectivity index (χ1) is 12.7. The molecule has 130 valence electrons. The topological polar surface area (TPSA) is 69.0 Å². The van der Waals surface area contributed by atoms with Crippen LogP contribution in [0.5, 0.6) is 5.88 Å². The van der Waals surface area contributed by atoms with Crippen molar-refractivity contribution < 1.29 is 4.74 Å². The molecule has 0 spiro atoms. The first kappa shape index (κ1) is 16.0. The highest BCUT2D eigenvalue weighted by atomic mass is 16.5. The van der Waals surface area contributed by atoms with Crippen LogP contribution in [0.25, 0.3) is 28.1 Å². The second kappa shape index (κ2) is 6.44. The van der Waals surface area contributed by atoms with Crippen molar-refractivity contribution >= 4 is 16.7 Å². The Hall–Kier alpha value is -3.48. The number of hydrogen-bond donors (Lipinski definition) is 0. The minimum absolute atomic E-state index is 0.406. The molecule has 7 heteroatoms. The minimum Gasteiger partial charge on any atom is -0.478 e. The van der Waals surface area contributed by atoms with Gasteiger partial charge in [-0.2, -0.15) is 4.68 Å². The van der Waals surface area contributed by atoms with Crippen molar-refractivity contribution in [2.24, 2.45) is 0 Å². The molecule has 7 nitrogen and oxygen atoms in total. The number of ether oxygens (including phenoxy) is 1. The molecule has 4 rings (SSSR count). The van der Waals surface area contributed by atoms with Gasteiger partial charge in [0.25, 0.3) is 5.88 Å². The standard InChI is InChI=1S/C19H18N6O/c1-24(2)14-10-8-13(9-11-14)17-12-25(23-22-17)18-19(26-3)21-16-7-5-4-6-15(16)20-18/h4-12H,1-3H3. The maximum absolute atomic E-state index is 5.40. The van der Waals surface area contributed by atoms with Gasteiger partial charge in [-0.05, 0) is 24.3 Å². The van der Waals surface area contributed by atoms with E-state index in [1.54, 1.807) is 11.8 Å². The molecule has 0 saturated carbocycles. The molecule has 0 aliphatic rings. The van der Waals surface area contributed by atoms with Crippen LogP contribution in [0.1, 0.15) is 0 Å². The highest BCUT2D eigenvalue weighted by Crippen LogP contribution is 2.24. The predicted octanol–water partition coefficient (Wildman–Crippen LogP) is 2.95. The van der Waals surface area contributed by atoms with E-state index in [2.05, 4.69) is 25.2 Å². The molecule has 4 aromatic rings. The van der Waals surface area contributed by atoms with Crippen molar-refractivity contribution in [2.75, 3.05) is 26.1 Å². The van der Waals surface area contributed by atoms with Crippen LogP contribution in [0.2, 0.25) is 0 Å². The molecule has 0 aliphatic heterocycles. The zero-order valence-corrected chi connectivity index (χ0v) is 14.8. The summed E-state index contributed by atoms with van der Waals surface area (Å²) in [5.74, 6) is 0.915. The first-order valence-electron chi connectivity index (χ1n) is 8.17. The van der Waals surface area contributed by atoms with Crippen molar-refractivity contribution in [1.82, 2.24) is 25.0 Å². The number of benzene rings is 2. The van der Waals surface area contributed by atoms with Gasteiger partial charge in [-0.15, -0.1) is 5.10 Å². The largest absolute Gasteiger partial charge is 0.478 e. The zero-order chi connectivity index (χ0) is 18.1. The summed E-state index contributed by atoms with van der Waals surface area (Å²) in [7, 11) is 5.59. The van der Waals surface area contributed by atoms with Crippen LogP contribution in [0, 0.1) is 0 Å². The summed E-state index contributed by atoms with van der Waals surface area (Å²) in [6, 6.07) is 15.8. The van der Waals surface area contributed by atoms with Gasteiger partial charge in [-0.1, -0.05) is 29.5 Å². The number of fused-ring (bicyclic) bond motifs is 1. The third-order valence-electron chi connectivity index (χ3n) is 4.10. The summed E-state index contributed by atoms with van der Waals surface area (Å²) in [6.07, 6.45) is 1.83. The lowest BCUT2D eigenvalue weighted by atomic mass is 10.1. The van der Waals surface area contributed by atoms with Crippen LogP contribution in [-0.2, 0) is 0 Å². The monoisotopic (exact) mass is 346 g/mol. The van der Waals surface area contributed by atoms with E-state index in [-0.39, 0.29) is 0 Å². The molecule has 2 aromatic heterocycles. The van der Waals surface area contributed by atoms with E-state index >= 15 is 0 Å². The maximum atomic E-state index is 5.40. The third kappa shape index (κ3) is 2.83. The summed E-state index contributed by atoms with van der Waals surface area (Å²) in [6.45, 7) is 0. The number of hydrogen-bond acceptors (Lipinski definition) is 6. The Morgan fingerprint density at radius 1 is 0.923 bits per heavy atom. The summed E-state index contributed by atoms with van der Waals surface area (Å²) in [4.78, 5) is 11.2. The quantitative estimate of drug-likeness (QED) is 0.566. The minimum atomic E-state index is 0.406. The fourth-order valence-corrected chi connectivity index (χ4v) is 2.69. The van der Waals surface area contributed by atoms with Crippen molar-refractivity contribution in [3.05, 3.63) is 54.7 Å². The van der Waals surface area contributed by atoms with Crippen molar-refractivity contribution in [2.45, 2.75) is 0 Å². The molecule has 0 unspecified atom stereocenters. The van der Waals surface area contributed by atoms with Gasteiger partial charge < -0.3 is 9.64 Å². The van der Waals surface area contributed by atoms with E-state index in [1.165, 1.54) is 0 Å². The maximum Gasteiger partial charge on any atom is 0.260 e. The van der Waals surface area contributed by atoms with E-state index in [9.17, 15) is 0 Å². The number of para-hydroxylation sites is 2. The number of anilines is 1. The molecule has 0 fully saturated rings. The molecule has 0 radical (unpaired) electrons. The molecule has 2 aromatic carbocycles. The molecular formula is C19H18N6O. The normalized spacial score (nSPS) is 10.9. The van der Waals surface area contributed by atoms with Crippen LogP contribution >= 0.6 is 0 Å². The summed E-state index contributed by atoms with van der Waals surface area (Å²) < 4.78 is 6.99. The molecule has 0 N–H and O–H groups in total. The van der Waals surface area contributed by atoms with Crippen LogP contribution in [0.4, 0.5) is 5.69 Å². The lowest BCUT2D eigenvalue weighted by Gasteiger charge is -2.11. The van der Waals surface area contributed by atoms with Gasteiger partial charge >= 0.3 is 0 Å². The van der Waals surface area contributed by atoms with E-state index < -0.39 is 0 Å². The van der Waals surface area contributed by atoms with Gasteiger partial charge in [0, 0.05) is 25.3 Å². The number of rotatable bonds is 4. The third-order valence-corrected chi connectivity index (χ3v) is 4.10. The average molecular weight is 346 g/mol. The fraction of sp³-hybridized carbons (Fsp3) is 0.158. The SMILES string of the molecule is COc1nc2ccccc2nc1-n1cc(-c2ccc(N(C)C)cc2)nn1. The van der Waals surface area contributed by atoms with E-state index in [1.807, 2.05) is 68.8 Å². The van der Waals surface area contributed by atoms with Gasteiger partial charge in [-0.3, -0.25) is 0 Å². The van der Waals surface area contributed by atoms with Crippen molar-refractivity contribution in [3.8, 4) is 23.0 Å². The van der Waals surface area contributed by atoms with Gasteiger partial charge in [0.2, 0.25) is 5.82 Å². The Morgan fingerprint density at radius 3 is 2.27 bits per heavy atom. The second-order valence-electron chi connectivity index (χ2n) is 6.03. The molecule has 0 amide bonds. The van der Waals surface area contributed by atoms with Crippen LogP contribution in [0.15, 0.2) is 54.7 Å². The smallest absolute Gasteiger partial charge is 0.260 e. The van der Waals surface area contributed by atoms with Gasteiger partial charge in [-0.25, -0.2) is 9.97 Å². The van der Waals surface area contributed by atoms with E-state index in [4.69, 9.17) is 4.74 Å². The van der Waals surface area contributed by atoms with Crippen molar-refractivity contribution in [1.29, 1.82) is 0 Å². The molecule has 0 aliphatic carbocycles. The van der Waals surface area contributed by atoms with Crippen LogP contribution in [0.3, 0.4) is 0 Å². The van der Waals surface area contributed by atoms with Gasteiger partial charge in [0.05, 0.1) is 24.3 Å². The Balaban J connectivity index is 1.74. The number of aromatic nitrogens is 5. The predicted molar refractivity (Wildman–Crippen MR) is 101 cm³/mol. The summed E-state index contributed by atoms with van der Waals surface area (Å²) in [5.41, 5.74) is 4.41. The number of methoxy groups -OCH3 is 1. The van der Waals surface area contributed by atoms with Crippen LogP contribution < -0.4 is 9.64 Å². The fourth-order valence-electron chi connectivity index (χ4n) is 2.69. The Morgan fingerprint density at radius 2 is 1.62 bits per heavy atom. The summed E-state index contributed by atoms with van der Waals surface area (Å²) >= 11 is 0. The molecule has 2 heterocycles. The average Bonchev–Trinajstić information content (AvgIpc) is 3.17. The van der Waals surface area contributed by atoms with E-state index in [0.717, 1.165) is 28.0 Å². The lowest BCUT2D eigenvalue weighted by molar-refractivity contribution is 0.394. The summed E-state index contributed by atoms with van der Waals surface area (Å²) in [5, 5.41) is 8.48. The Bertz CT molecular complexity index is 1060. The molecule has 0 bridgehead atoms. The highest BCUT2D eigenvalue weighted by molar-refractivity contribution is 5.76. The second-order valence-corrected chi connectivity index (χ2v) is 6.03. The Kier molecular flexibility index (Phi) is 3.96. The first-order valence-corrected chi connectivity index (χ1v) is 8.17. The zero-order valence-electron chi connectivity index (χ0n) is 14.8.